The smallest absolute Gasteiger partial charge is 0.180 e. The predicted molar refractivity (Wildman–Crippen MR) is 77.3 cm³/mol. The van der Waals surface area contributed by atoms with Crippen molar-refractivity contribution in [3.05, 3.63) is 40.9 Å². The number of hydrogen-bond donors (Lipinski definition) is 1. The first-order valence-corrected chi connectivity index (χ1v) is 7.45. The van der Waals surface area contributed by atoms with E-state index < -0.39 is 0 Å². The van der Waals surface area contributed by atoms with Gasteiger partial charge in [0.25, 0.3) is 0 Å². The molecular weight excluding hydrogens is 275 g/mol. The normalized spacial score (nSPS) is 15.1. The lowest BCUT2D eigenvalue weighted by atomic mass is 10.3. The molecule has 0 aliphatic heterocycles. The number of rotatable bonds is 3. The molecule has 4 nitrogen and oxygen atoms in total. The van der Waals surface area contributed by atoms with Crippen LogP contribution in [0.4, 0.5) is 9.52 Å². The van der Waals surface area contributed by atoms with E-state index in [1.54, 1.807) is 6.07 Å². The molecule has 1 saturated carbocycles. The number of para-hydroxylation sites is 1. The van der Waals surface area contributed by atoms with Gasteiger partial charge < -0.3 is 10.3 Å². The van der Waals surface area contributed by atoms with E-state index >= 15 is 0 Å². The second-order valence-corrected chi connectivity index (χ2v) is 5.98. The van der Waals surface area contributed by atoms with Crippen molar-refractivity contribution >= 4 is 27.5 Å². The number of nitrogen functional groups attached to an aromatic ring is 1. The second kappa shape index (κ2) is 4.28. The highest BCUT2D eigenvalue weighted by molar-refractivity contribution is 7.13. The topological polar surface area (TPSA) is 56.7 Å². The van der Waals surface area contributed by atoms with Gasteiger partial charge in [0.2, 0.25) is 0 Å². The number of imidazole rings is 1. The monoisotopic (exact) mass is 288 g/mol. The van der Waals surface area contributed by atoms with Gasteiger partial charge in [-0.05, 0) is 25.0 Å². The zero-order valence-corrected chi connectivity index (χ0v) is 11.5. The molecule has 3 aromatic rings. The molecule has 0 saturated heterocycles. The second-order valence-electron chi connectivity index (χ2n) is 5.09. The van der Waals surface area contributed by atoms with Gasteiger partial charge in [0, 0.05) is 17.8 Å². The van der Waals surface area contributed by atoms with E-state index in [1.807, 2.05) is 11.4 Å². The summed E-state index contributed by atoms with van der Waals surface area (Å²) in [4.78, 5) is 8.76. The Hall–Kier alpha value is -1.95. The zero-order valence-electron chi connectivity index (χ0n) is 10.7. The average Bonchev–Trinajstić information content (AvgIpc) is 3.07. The number of anilines is 1. The Labute approximate surface area is 119 Å². The molecule has 0 radical (unpaired) electrons. The van der Waals surface area contributed by atoms with Gasteiger partial charge in [-0.2, -0.15) is 0 Å². The molecule has 6 heteroatoms. The molecule has 1 fully saturated rings. The third-order valence-corrected chi connectivity index (χ3v) is 4.29. The molecule has 2 N–H and O–H groups in total. The molecule has 1 aliphatic carbocycles. The highest BCUT2D eigenvalue weighted by Gasteiger charge is 2.29. The molecule has 1 aliphatic rings. The molecule has 0 unspecified atom stereocenters. The maximum Gasteiger partial charge on any atom is 0.180 e. The van der Waals surface area contributed by atoms with E-state index in [4.69, 9.17) is 5.73 Å². The Morgan fingerprint density at radius 2 is 2.20 bits per heavy atom. The highest BCUT2D eigenvalue weighted by Crippen LogP contribution is 2.39. The van der Waals surface area contributed by atoms with Gasteiger partial charge in [-0.25, -0.2) is 14.4 Å². The summed E-state index contributed by atoms with van der Waals surface area (Å²) in [6, 6.07) is 5.58. The number of thiazole rings is 1. The van der Waals surface area contributed by atoms with Crippen LogP contribution in [0.2, 0.25) is 0 Å². The summed E-state index contributed by atoms with van der Waals surface area (Å²) in [6.45, 7) is 0. The summed E-state index contributed by atoms with van der Waals surface area (Å²) >= 11 is 1.42. The van der Waals surface area contributed by atoms with Crippen LogP contribution in [0.3, 0.4) is 0 Å². The molecule has 2 aromatic heterocycles. The molecular formula is C14H13FN4S. The summed E-state index contributed by atoms with van der Waals surface area (Å²) in [5.41, 5.74) is 7.89. The maximum atomic E-state index is 13.9. The minimum absolute atomic E-state index is 0.263. The summed E-state index contributed by atoms with van der Waals surface area (Å²) in [5.74, 6) is 0.610. The zero-order chi connectivity index (χ0) is 13.7. The largest absolute Gasteiger partial charge is 0.375 e. The minimum Gasteiger partial charge on any atom is -0.375 e. The van der Waals surface area contributed by atoms with E-state index in [0.717, 1.165) is 29.9 Å². The van der Waals surface area contributed by atoms with Crippen LogP contribution in [0.25, 0.3) is 11.0 Å². The Morgan fingerprint density at radius 3 is 2.90 bits per heavy atom. The lowest BCUT2D eigenvalue weighted by Crippen LogP contribution is -2.03. The van der Waals surface area contributed by atoms with E-state index in [1.165, 1.54) is 17.4 Å². The fourth-order valence-corrected chi connectivity index (χ4v) is 3.12. The van der Waals surface area contributed by atoms with E-state index in [-0.39, 0.29) is 5.82 Å². The molecule has 20 heavy (non-hydrogen) atoms. The minimum atomic E-state index is -0.263. The van der Waals surface area contributed by atoms with Crippen LogP contribution in [0.5, 0.6) is 0 Å². The van der Waals surface area contributed by atoms with Gasteiger partial charge in [0.1, 0.15) is 11.3 Å². The molecule has 0 spiro atoms. The third-order valence-electron chi connectivity index (χ3n) is 3.56. The van der Waals surface area contributed by atoms with Crippen molar-refractivity contribution in [1.29, 1.82) is 0 Å². The van der Waals surface area contributed by atoms with Crippen LogP contribution in [0.15, 0.2) is 23.6 Å². The van der Waals surface area contributed by atoms with Crippen LogP contribution in [-0.4, -0.2) is 14.5 Å². The first kappa shape index (κ1) is 11.8. The summed E-state index contributed by atoms with van der Waals surface area (Å²) in [5, 5.41) is 2.49. The fraction of sp³-hybridized carbons (Fsp3) is 0.286. The number of nitrogens with zero attached hydrogens (tertiary/aromatic N) is 3. The first-order valence-electron chi connectivity index (χ1n) is 6.57. The number of nitrogens with two attached hydrogens (primary N) is 1. The number of aromatic nitrogens is 3. The van der Waals surface area contributed by atoms with E-state index in [0.29, 0.717) is 23.1 Å². The molecule has 4 rings (SSSR count). The van der Waals surface area contributed by atoms with Gasteiger partial charge >= 0.3 is 0 Å². The van der Waals surface area contributed by atoms with Crippen molar-refractivity contribution in [2.24, 2.45) is 0 Å². The molecule has 2 heterocycles. The summed E-state index contributed by atoms with van der Waals surface area (Å²) in [7, 11) is 0. The maximum absolute atomic E-state index is 13.9. The van der Waals surface area contributed by atoms with Crippen molar-refractivity contribution < 1.29 is 4.39 Å². The van der Waals surface area contributed by atoms with Crippen molar-refractivity contribution in [1.82, 2.24) is 14.5 Å². The number of halogens is 1. The molecule has 0 bridgehead atoms. The van der Waals surface area contributed by atoms with Crippen LogP contribution in [0, 0.1) is 5.82 Å². The Bertz CT molecular complexity index is 788. The quantitative estimate of drug-likeness (QED) is 0.805. The highest BCUT2D eigenvalue weighted by atomic mass is 32.1. The fourth-order valence-electron chi connectivity index (χ4n) is 2.56. The lowest BCUT2D eigenvalue weighted by Gasteiger charge is -2.06. The summed E-state index contributed by atoms with van der Waals surface area (Å²) < 4.78 is 16.1. The number of hydrogen-bond acceptors (Lipinski definition) is 4. The number of benzene rings is 1. The molecule has 0 atom stereocenters. The Kier molecular flexibility index (Phi) is 2.53. The summed E-state index contributed by atoms with van der Waals surface area (Å²) in [6.07, 6.45) is 2.86. The van der Waals surface area contributed by atoms with Crippen LogP contribution >= 0.6 is 11.3 Å². The van der Waals surface area contributed by atoms with Gasteiger partial charge in [0.05, 0.1) is 11.2 Å². The SMILES string of the molecule is Nc1nc(Cc2nc3c(F)cccc3n2C2CC2)cs1. The van der Waals surface area contributed by atoms with Crippen molar-refractivity contribution in [3.8, 4) is 0 Å². The predicted octanol–water partition coefficient (Wildman–Crippen LogP) is 3.14. The third kappa shape index (κ3) is 1.87. The van der Waals surface area contributed by atoms with E-state index in [2.05, 4.69) is 14.5 Å². The lowest BCUT2D eigenvalue weighted by molar-refractivity contribution is 0.637. The standard InChI is InChI=1S/C14H13FN4S/c15-10-2-1-3-11-13(10)18-12(19(11)9-4-5-9)6-8-7-20-14(16)17-8/h1-3,7,9H,4-6H2,(H2,16,17). The van der Waals surface area contributed by atoms with Crippen molar-refractivity contribution in [2.75, 3.05) is 5.73 Å². The van der Waals surface area contributed by atoms with Crippen LogP contribution in [0.1, 0.15) is 30.4 Å². The molecule has 102 valence electrons. The number of fused-ring (bicyclic) bond motifs is 1. The van der Waals surface area contributed by atoms with Gasteiger partial charge in [0.15, 0.2) is 10.9 Å². The van der Waals surface area contributed by atoms with Crippen molar-refractivity contribution in [3.63, 3.8) is 0 Å². The van der Waals surface area contributed by atoms with E-state index in [9.17, 15) is 4.39 Å². The van der Waals surface area contributed by atoms with Gasteiger partial charge in [-0.3, -0.25) is 0 Å². The first-order chi connectivity index (χ1) is 9.72. The Morgan fingerprint density at radius 1 is 1.35 bits per heavy atom. The molecule has 0 amide bonds. The van der Waals surface area contributed by atoms with Crippen molar-refractivity contribution in [2.45, 2.75) is 25.3 Å². The Balaban J connectivity index is 1.85. The molecule has 1 aromatic carbocycles. The van der Waals surface area contributed by atoms with Crippen LogP contribution in [-0.2, 0) is 6.42 Å². The average molecular weight is 288 g/mol. The van der Waals surface area contributed by atoms with Gasteiger partial charge in [-0.15, -0.1) is 11.3 Å². The van der Waals surface area contributed by atoms with Crippen LogP contribution < -0.4 is 5.73 Å². The van der Waals surface area contributed by atoms with Gasteiger partial charge in [-0.1, -0.05) is 6.07 Å².